The summed E-state index contributed by atoms with van der Waals surface area (Å²) in [6.45, 7) is 4.63. The summed E-state index contributed by atoms with van der Waals surface area (Å²) in [6, 6.07) is 21.3. The topological polar surface area (TPSA) is 76.7 Å². The molecular formula is C25H25BrN2O4. The number of amides is 2. The predicted octanol–water partition coefficient (Wildman–Crippen LogP) is 5.75. The van der Waals surface area contributed by atoms with Crippen molar-refractivity contribution in [2.45, 2.75) is 13.8 Å². The maximum Gasteiger partial charge on any atom is 0.262 e. The van der Waals surface area contributed by atoms with Crippen LogP contribution in [0.4, 0.5) is 11.4 Å². The molecule has 0 unspecified atom stereocenters. The summed E-state index contributed by atoms with van der Waals surface area (Å²) in [5.41, 5.74) is 1.61. The lowest BCUT2D eigenvalue weighted by molar-refractivity contribution is -0.118. The first kappa shape index (κ1) is 23.3. The lowest BCUT2D eigenvalue weighted by Gasteiger charge is -2.12. The fourth-order valence-electron chi connectivity index (χ4n) is 2.76. The molecule has 166 valence electrons. The van der Waals surface area contributed by atoms with Crippen LogP contribution >= 0.6 is 15.9 Å². The molecule has 3 aromatic rings. The van der Waals surface area contributed by atoms with Gasteiger partial charge in [0.2, 0.25) is 0 Å². The highest BCUT2D eigenvalue weighted by molar-refractivity contribution is 9.10. The number of carbonyl (C=O) groups is 2. The van der Waals surface area contributed by atoms with Crippen molar-refractivity contribution in [3.63, 3.8) is 0 Å². The number of hydrogen-bond acceptors (Lipinski definition) is 4. The Morgan fingerprint density at radius 1 is 0.875 bits per heavy atom. The minimum atomic E-state index is -0.293. The molecular weight excluding hydrogens is 472 g/mol. The van der Waals surface area contributed by atoms with E-state index in [9.17, 15) is 9.59 Å². The summed E-state index contributed by atoms with van der Waals surface area (Å²) in [7, 11) is 0. The first-order chi connectivity index (χ1) is 15.4. The van der Waals surface area contributed by atoms with E-state index in [0.717, 1.165) is 0 Å². The van der Waals surface area contributed by atoms with Crippen molar-refractivity contribution >= 4 is 39.1 Å². The molecule has 6 nitrogen and oxygen atoms in total. The summed E-state index contributed by atoms with van der Waals surface area (Å²) in [5, 5.41) is 5.61. The number of para-hydroxylation sites is 1. The Morgan fingerprint density at radius 3 is 2.28 bits per heavy atom. The maximum atomic E-state index is 12.7. The van der Waals surface area contributed by atoms with Crippen molar-refractivity contribution < 1.29 is 19.1 Å². The Morgan fingerprint density at radius 2 is 1.59 bits per heavy atom. The highest BCUT2D eigenvalue weighted by Crippen LogP contribution is 2.27. The molecule has 0 aliphatic heterocycles. The van der Waals surface area contributed by atoms with Crippen LogP contribution in [0.25, 0.3) is 0 Å². The zero-order valence-corrected chi connectivity index (χ0v) is 19.5. The Bertz CT molecular complexity index is 1070. The van der Waals surface area contributed by atoms with Gasteiger partial charge in [0.25, 0.3) is 11.8 Å². The third kappa shape index (κ3) is 7.13. The molecule has 3 rings (SSSR count). The van der Waals surface area contributed by atoms with Crippen LogP contribution in [0.15, 0.2) is 77.3 Å². The lowest BCUT2D eigenvalue weighted by Crippen LogP contribution is -2.20. The van der Waals surface area contributed by atoms with Gasteiger partial charge in [-0.25, -0.2) is 0 Å². The maximum absolute atomic E-state index is 12.7. The molecule has 2 amide bonds. The van der Waals surface area contributed by atoms with Gasteiger partial charge in [0.05, 0.1) is 11.1 Å². The molecule has 0 bridgehead atoms. The number of halogens is 1. The number of nitrogens with one attached hydrogen (secondary N) is 2. The Labute approximate surface area is 196 Å². The van der Waals surface area contributed by atoms with E-state index in [0.29, 0.717) is 45.4 Å². The quantitative estimate of drug-likeness (QED) is 0.395. The molecule has 0 aromatic heterocycles. The average Bonchev–Trinajstić information content (AvgIpc) is 2.77. The molecule has 0 heterocycles. The molecule has 0 atom stereocenters. The van der Waals surface area contributed by atoms with Gasteiger partial charge in [0.1, 0.15) is 11.5 Å². The summed E-state index contributed by atoms with van der Waals surface area (Å²) in [6.07, 6.45) is 0. The van der Waals surface area contributed by atoms with Crippen molar-refractivity contribution in [3.05, 3.63) is 82.8 Å². The van der Waals surface area contributed by atoms with Crippen LogP contribution in [0.1, 0.15) is 24.2 Å². The number of ether oxygens (including phenoxy) is 2. The van der Waals surface area contributed by atoms with E-state index >= 15 is 0 Å². The molecule has 0 spiro atoms. The van der Waals surface area contributed by atoms with E-state index in [-0.39, 0.29) is 18.4 Å². The summed E-state index contributed by atoms with van der Waals surface area (Å²) < 4.78 is 11.9. The van der Waals surface area contributed by atoms with Crippen molar-refractivity contribution in [1.82, 2.24) is 0 Å². The van der Waals surface area contributed by atoms with Gasteiger partial charge >= 0.3 is 0 Å². The monoisotopic (exact) mass is 496 g/mol. The molecule has 0 aliphatic rings. The largest absolute Gasteiger partial charge is 0.492 e. The second-order valence-corrected chi connectivity index (χ2v) is 8.39. The van der Waals surface area contributed by atoms with Crippen molar-refractivity contribution in [2.24, 2.45) is 5.92 Å². The molecule has 3 aromatic carbocycles. The summed E-state index contributed by atoms with van der Waals surface area (Å²) in [4.78, 5) is 24.8. The third-order valence-corrected chi connectivity index (χ3v) is 4.90. The van der Waals surface area contributed by atoms with E-state index in [2.05, 4.69) is 40.4 Å². The van der Waals surface area contributed by atoms with Crippen LogP contribution in [-0.2, 0) is 4.79 Å². The van der Waals surface area contributed by atoms with Crippen LogP contribution in [0.3, 0.4) is 0 Å². The number of rotatable bonds is 9. The van der Waals surface area contributed by atoms with Crippen LogP contribution in [-0.4, -0.2) is 25.0 Å². The predicted molar refractivity (Wildman–Crippen MR) is 129 cm³/mol. The molecule has 0 saturated heterocycles. The smallest absolute Gasteiger partial charge is 0.262 e. The zero-order valence-electron chi connectivity index (χ0n) is 17.9. The van der Waals surface area contributed by atoms with Crippen molar-refractivity contribution in [3.8, 4) is 11.5 Å². The first-order valence-electron chi connectivity index (χ1n) is 10.2. The number of hydrogen-bond donors (Lipinski definition) is 2. The third-order valence-electron chi connectivity index (χ3n) is 4.28. The number of benzene rings is 3. The molecule has 7 heteroatoms. The van der Waals surface area contributed by atoms with E-state index in [1.807, 2.05) is 18.2 Å². The fraction of sp³-hybridized carbons (Fsp3) is 0.200. The van der Waals surface area contributed by atoms with Crippen LogP contribution in [0.2, 0.25) is 0 Å². The highest BCUT2D eigenvalue weighted by atomic mass is 79.9. The standard InChI is InChI=1S/C25H25BrN2O4/c1-17(2)15-32-23-12-11-18(13-22(23)26)25(30)28-20-8-6-7-19(14-20)27-24(29)16-31-21-9-4-3-5-10-21/h3-14,17H,15-16H2,1-2H3,(H,27,29)(H,28,30). The van der Waals surface area contributed by atoms with E-state index in [1.165, 1.54) is 0 Å². The second-order valence-electron chi connectivity index (χ2n) is 7.53. The summed E-state index contributed by atoms with van der Waals surface area (Å²) >= 11 is 3.46. The Kier molecular flexibility index (Phi) is 8.27. The molecule has 2 N–H and O–H groups in total. The number of anilines is 2. The van der Waals surface area contributed by atoms with Gasteiger partial charge in [-0.05, 0) is 70.4 Å². The van der Waals surface area contributed by atoms with Gasteiger partial charge in [-0.1, -0.05) is 38.1 Å². The van der Waals surface area contributed by atoms with Gasteiger partial charge < -0.3 is 20.1 Å². The Hall–Kier alpha value is -3.32. The van der Waals surface area contributed by atoms with Gasteiger partial charge in [-0.3, -0.25) is 9.59 Å². The van der Waals surface area contributed by atoms with E-state index < -0.39 is 0 Å². The average molecular weight is 497 g/mol. The van der Waals surface area contributed by atoms with Gasteiger partial charge in [-0.2, -0.15) is 0 Å². The van der Waals surface area contributed by atoms with Gasteiger partial charge in [-0.15, -0.1) is 0 Å². The fourth-order valence-corrected chi connectivity index (χ4v) is 3.25. The second kappa shape index (κ2) is 11.3. The molecule has 0 aliphatic carbocycles. The molecule has 32 heavy (non-hydrogen) atoms. The molecule has 0 fully saturated rings. The summed E-state index contributed by atoms with van der Waals surface area (Å²) in [5.74, 6) is 1.16. The minimum Gasteiger partial charge on any atom is -0.492 e. The SMILES string of the molecule is CC(C)COc1ccc(C(=O)Nc2cccc(NC(=O)COc3ccccc3)c2)cc1Br. The number of carbonyl (C=O) groups excluding carboxylic acids is 2. The van der Waals surface area contributed by atoms with Crippen LogP contribution in [0, 0.1) is 5.92 Å². The highest BCUT2D eigenvalue weighted by Gasteiger charge is 2.11. The first-order valence-corrected chi connectivity index (χ1v) is 11.0. The minimum absolute atomic E-state index is 0.111. The lowest BCUT2D eigenvalue weighted by atomic mass is 10.2. The van der Waals surface area contributed by atoms with E-state index in [1.54, 1.807) is 54.6 Å². The van der Waals surface area contributed by atoms with E-state index in [4.69, 9.17) is 9.47 Å². The van der Waals surface area contributed by atoms with Gasteiger partial charge in [0.15, 0.2) is 6.61 Å². The molecule has 0 saturated carbocycles. The van der Waals surface area contributed by atoms with Crippen molar-refractivity contribution in [1.29, 1.82) is 0 Å². The van der Waals surface area contributed by atoms with Crippen molar-refractivity contribution in [2.75, 3.05) is 23.8 Å². The van der Waals surface area contributed by atoms with Gasteiger partial charge in [0, 0.05) is 16.9 Å². The van der Waals surface area contributed by atoms with Crippen LogP contribution in [0.5, 0.6) is 11.5 Å². The zero-order chi connectivity index (χ0) is 22.9. The van der Waals surface area contributed by atoms with Crippen LogP contribution < -0.4 is 20.1 Å². The normalized spacial score (nSPS) is 10.5. The molecule has 0 radical (unpaired) electrons. The Balaban J connectivity index is 1.57.